The van der Waals surface area contributed by atoms with Crippen LogP contribution in [0.3, 0.4) is 0 Å². The van der Waals surface area contributed by atoms with Crippen LogP contribution in [0.25, 0.3) is 0 Å². The Hall–Kier alpha value is -4.42. The molecule has 0 spiro atoms. The van der Waals surface area contributed by atoms with Gasteiger partial charge < -0.3 is 15.0 Å². The number of nitrogens with one attached hydrogen (secondary N) is 1. The van der Waals surface area contributed by atoms with Crippen LogP contribution in [0.1, 0.15) is 40.7 Å². The van der Waals surface area contributed by atoms with Crippen LogP contribution < -0.4 is 15.0 Å². The van der Waals surface area contributed by atoms with Crippen LogP contribution in [0.4, 0.5) is 17.1 Å². The number of hydrogen-bond acceptors (Lipinski definition) is 4. The highest BCUT2D eigenvalue weighted by Crippen LogP contribution is 2.38. The van der Waals surface area contributed by atoms with Gasteiger partial charge in [0, 0.05) is 6.54 Å². The molecule has 2 aliphatic rings. The van der Waals surface area contributed by atoms with E-state index in [0.717, 1.165) is 43.3 Å². The lowest BCUT2D eigenvalue weighted by atomic mass is 9.90. The molecule has 1 fully saturated rings. The Balaban J connectivity index is 0.991. The number of amides is 2. The van der Waals surface area contributed by atoms with E-state index >= 15 is 0 Å². The number of nitrogens with zero attached hydrogens (tertiary/aromatic N) is 2. The average Bonchev–Trinajstić information content (AvgIpc) is 3.15. The third-order valence-electron chi connectivity index (χ3n) is 8.27. The van der Waals surface area contributed by atoms with Gasteiger partial charge in [0.25, 0.3) is 5.91 Å². The Kier molecular flexibility index (Phi) is 8.61. The first-order valence-electron chi connectivity index (χ1n) is 14.9. The van der Waals surface area contributed by atoms with E-state index in [1.165, 1.54) is 24.8 Å². The van der Waals surface area contributed by atoms with E-state index in [4.69, 9.17) is 4.74 Å². The van der Waals surface area contributed by atoms with Crippen molar-refractivity contribution in [1.82, 2.24) is 4.90 Å². The molecule has 6 nitrogen and oxygen atoms in total. The van der Waals surface area contributed by atoms with Crippen LogP contribution in [0.15, 0.2) is 103 Å². The fourth-order valence-corrected chi connectivity index (χ4v) is 6.02. The number of likely N-dealkylation sites (tertiary alicyclic amines) is 1. The number of carbonyl (C=O) groups is 2. The molecule has 0 aliphatic carbocycles. The number of carbonyl (C=O) groups excluding carboxylic acids is 2. The second-order valence-electron chi connectivity index (χ2n) is 11.2. The average molecular weight is 560 g/mol. The second-order valence-corrected chi connectivity index (χ2v) is 11.2. The number of hydrogen-bond donors (Lipinski definition) is 1. The first-order chi connectivity index (χ1) is 20.6. The molecule has 1 saturated heterocycles. The number of rotatable bonds is 9. The van der Waals surface area contributed by atoms with E-state index in [1.54, 1.807) is 11.0 Å². The minimum atomic E-state index is -0.220. The lowest BCUT2D eigenvalue weighted by Gasteiger charge is -2.32. The zero-order chi connectivity index (χ0) is 28.7. The lowest BCUT2D eigenvalue weighted by molar-refractivity contribution is -0.117. The Morgan fingerprint density at radius 3 is 2.26 bits per heavy atom. The SMILES string of the molecule is O=C1Nc2ccccc2N(C(=O)Cc2ccc(OCCCN3CCC(Cc4ccccc4)CC3)cc2)c2ccccc21. The molecule has 4 aromatic rings. The van der Waals surface area contributed by atoms with Crippen molar-refractivity contribution in [3.8, 4) is 5.75 Å². The molecule has 0 radical (unpaired) electrons. The van der Waals surface area contributed by atoms with Gasteiger partial charge in [0.2, 0.25) is 5.91 Å². The first-order valence-corrected chi connectivity index (χ1v) is 14.9. The molecule has 0 saturated carbocycles. The molecule has 2 heterocycles. The first kappa shape index (κ1) is 27.7. The Labute approximate surface area is 247 Å². The predicted molar refractivity (Wildman–Crippen MR) is 168 cm³/mol. The van der Waals surface area contributed by atoms with Crippen molar-refractivity contribution in [3.05, 3.63) is 120 Å². The molecule has 2 aliphatic heterocycles. The molecule has 214 valence electrons. The topological polar surface area (TPSA) is 61.9 Å². The number of ether oxygens (including phenoxy) is 1. The van der Waals surface area contributed by atoms with Gasteiger partial charge in [-0.25, -0.2) is 0 Å². The highest BCUT2D eigenvalue weighted by Gasteiger charge is 2.29. The minimum Gasteiger partial charge on any atom is -0.494 e. The van der Waals surface area contributed by atoms with Crippen molar-refractivity contribution >= 4 is 28.9 Å². The molecule has 42 heavy (non-hydrogen) atoms. The van der Waals surface area contributed by atoms with Gasteiger partial charge in [-0.3, -0.25) is 14.5 Å². The van der Waals surface area contributed by atoms with Gasteiger partial charge in [-0.05, 0) is 92.2 Å². The maximum atomic E-state index is 13.7. The fourth-order valence-electron chi connectivity index (χ4n) is 6.02. The van der Waals surface area contributed by atoms with Gasteiger partial charge in [-0.15, -0.1) is 0 Å². The zero-order valence-corrected chi connectivity index (χ0v) is 23.9. The molecule has 6 heteroatoms. The maximum absolute atomic E-state index is 13.7. The van der Waals surface area contributed by atoms with Gasteiger partial charge in [-0.1, -0.05) is 66.7 Å². The number of benzene rings is 4. The highest BCUT2D eigenvalue weighted by atomic mass is 16.5. The van der Waals surface area contributed by atoms with Gasteiger partial charge >= 0.3 is 0 Å². The Bertz CT molecular complexity index is 1510. The van der Waals surface area contributed by atoms with Crippen LogP contribution in [0, 0.1) is 5.92 Å². The number of anilines is 3. The number of fused-ring (bicyclic) bond motifs is 2. The summed E-state index contributed by atoms with van der Waals surface area (Å²) in [6.07, 6.45) is 4.91. The third-order valence-corrected chi connectivity index (χ3v) is 8.27. The largest absolute Gasteiger partial charge is 0.494 e. The maximum Gasteiger partial charge on any atom is 0.257 e. The molecular weight excluding hydrogens is 522 g/mol. The van der Waals surface area contributed by atoms with E-state index < -0.39 is 0 Å². The highest BCUT2D eigenvalue weighted by molar-refractivity contribution is 6.17. The van der Waals surface area contributed by atoms with Crippen molar-refractivity contribution in [3.63, 3.8) is 0 Å². The zero-order valence-electron chi connectivity index (χ0n) is 23.9. The molecule has 0 atom stereocenters. The fraction of sp³-hybridized carbons (Fsp3) is 0.278. The van der Waals surface area contributed by atoms with Crippen LogP contribution in [0.2, 0.25) is 0 Å². The predicted octanol–water partition coefficient (Wildman–Crippen LogP) is 6.88. The summed E-state index contributed by atoms with van der Waals surface area (Å²) in [7, 11) is 0. The van der Waals surface area contributed by atoms with E-state index in [-0.39, 0.29) is 18.2 Å². The van der Waals surface area contributed by atoms with Crippen molar-refractivity contribution in [2.24, 2.45) is 5.92 Å². The van der Waals surface area contributed by atoms with Gasteiger partial charge in [-0.2, -0.15) is 0 Å². The van der Waals surface area contributed by atoms with E-state index in [1.807, 2.05) is 66.7 Å². The summed E-state index contributed by atoms with van der Waals surface area (Å²) in [5, 5.41) is 2.94. The standard InChI is InChI=1S/C36H37N3O3/c40-35(39-33-13-6-4-11-31(33)36(41)37-32-12-5-7-14-34(32)39)26-28-15-17-30(18-16-28)42-24-8-21-38-22-19-29(20-23-38)25-27-9-2-1-3-10-27/h1-7,9-18,29H,8,19-26H2,(H,37,41). The van der Waals surface area contributed by atoms with E-state index in [0.29, 0.717) is 29.2 Å². The monoisotopic (exact) mass is 559 g/mol. The van der Waals surface area contributed by atoms with Crippen molar-refractivity contribution in [2.75, 3.05) is 36.5 Å². The van der Waals surface area contributed by atoms with Gasteiger partial charge in [0.1, 0.15) is 5.75 Å². The van der Waals surface area contributed by atoms with E-state index in [9.17, 15) is 9.59 Å². The third kappa shape index (κ3) is 6.55. The van der Waals surface area contributed by atoms with E-state index in [2.05, 4.69) is 40.5 Å². The smallest absolute Gasteiger partial charge is 0.257 e. The molecule has 1 N–H and O–H groups in total. The molecule has 6 rings (SSSR count). The normalized spacial score (nSPS) is 15.3. The van der Waals surface area contributed by atoms with Gasteiger partial charge in [0.15, 0.2) is 0 Å². The molecule has 2 amide bonds. The van der Waals surface area contributed by atoms with Crippen molar-refractivity contribution in [1.29, 1.82) is 0 Å². The lowest BCUT2D eigenvalue weighted by Crippen LogP contribution is -2.35. The summed E-state index contributed by atoms with van der Waals surface area (Å²) in [6.45, 7) is 4.05. The summed E-state index contributed by atoms with van der Waals surface area (Å²) in [4.78, 5) is 30.7. The molecule has 0 unspecified atom stereocenters. The molecule has 4 aromatic carbocycles. The van der Waals surface area contributed by atoms with Crippen LogP contribution in [0.5, 0.6) is 5.75 Å². The number of piperidine rings is 1. The summed E-state index contributed by atoms with van der Waals surface area (Å²) in [6, 6.07) is 33.2. The molecular formula is C36H37N3O3. The van der Waals surface area contributed by atoms with Crippen molar-refractivity contribution < 1.29 is 14.3 Å². The molecule has 0 bridgehead atoms. The summed E-state index contributed by atoms with van der Waals surface area (Å²) >= 11 is 0. The molecule has 0 aromatic heterocycles. The van der Waals surface area contributed by atoms with Gasteiger partial charge in [0.05, 0.1) is 35.7 Å². The quantitative estimate of drug-likeness (QED) is 0.227. The number of para-hydroxylation sites is 3. The summed E-state index contributed by atoms with van der Waals surface area (Å²) in [5.41, 5.74) is 4.69. The van der Waals surface area contributed by atoms with Crippen LogP contribution >= 0.6 is 0 Å². The minimum absolute atomic E-state index is 0.104. The van der Waals surface area contributed by atoms with Crippen LogP contribution in [-0.2, 0) is 17.6 Å². The van der Waals surface area contributed by atoms with Crippen molar-refractivity contribution in [2.45, 2.75) is 32.1 Å². The Morgan fingerprint density at radius 2 is 1.48 bits per heavy atom. The summed E-state index contributed by atoms with van der Waals surface area (Å²) in [5.74, 6) is 1.27. The second kappa shape index (κ2) is 13.0. The van der Waals surface area contributed by atoms with Crippen LogP contribution in [-0.4, -0.2) is 43.0 Å². The Morgan fingerprint density at radius 1 is 0.786 bits per heavy atom. The summed E-state index contributed by atoms with van der Waals surface area (Å²) < 4.78 is 6.03.